The quantitative estimate of drug-likeness (QED) is 0.667. The van der Waals surface area contributed by atoms with Gasteiger partial charge in [0.2, 0.25) is 0 Å². The van der Waals surface area contributed by atoms with E-state index in [0.29, 0.717) is 5.88 Å². The molecular formula is C9H12ClNS. The smallest absolute Gasteiger partial charge is 0.0959 e. The molecule has 1 heterocycles. The van der Waals surface area contributed by atoms with E-state index >= 15 is 0 Å². The molecule has 1 nitrogen and oxygen atoms in total. The summed E-state index contributed by atoms with van der Waals surface area (Å²) in [7, 11) is 0. The maximum Gasteiger partial charge on any atom is 0.0959 e. The minimum absolute atomic E-state index is 0.559. The summed E-state index contributed by atoms with van der Waals surface area (Å²) in [5.41, 5.74) is 1.04. The van der Waals surface area contributed by atoms with Crippen molar-refractivity contribution in [2.75, 3.05) is 0 Å². The van der Waals surface area contributed by atoms with Gasteiger partial charge >= 0.3 is 0 Å². The predicted octanol–water partition coefficient (Wildman–Crippen LogP) is 3.54. The SMILES string of the molecule is ClCc1csc(C2CCCC2)n1. The van der Waals surface area contributed by atoms with E-state index in [1.165, 1.54) is 30.7 Å². The number of rotatable bonds is 2. The van der Waals surface area contributed by atoms with Crippen LogP contribution in [0.1, 0.15) is 42.3 Å². The number of halogens is 1. The van der Waals surface area contributed by atoms with Crippen LogP contribution in [0.25, 0.3) is 0 Å². The van der Waals surface area contributed by atoms with Crippen molar-refractivity contribution < 1.29 is 0 Å². The Hall–Kier alpha value is -0.0800. The molecule has 1 aromatic rings. The van der Waals surface area contributed by atoms with Crippen molar-refractivity contribution in [2.24, 2.45) is 0 Å². The lowest BCUT2D eigenvalue weighted by Crippen LogP contribution is -1.90. The zero-order chi connectivity index (χ0) is 8.39. The summed E-state index contributed by atoms with van der Waals surface area (Å²) in [6.45, 7) is 0. The Morgan fingerprint density at radius 2 is 2.25 bits per heavy atom. The first kappa shape index (κ1) is 8.52. The molecule has 0 unspecified atom stereocenters. The van der Waals surface area contributed by atoms with Crippen LogP contribution in [0.5, 0.6) is 0 Å². The Morgan fingerprint density at radius 3 is 2.83 bits per heavy atom. The van der Waals surface area contributed by atoms with E-state index in [1.807, 2.05) is 0 Å². The number of aromatic nitrogens is 1. The largest absolute Gasteiger partial charge is 0.245 e. The molecule has 0 N–H and O–H groups in total. The van der Waals surface area contributed by atoms with E-state index in [4.69, 9.17) is 11.6 Å². The molecule has 1 saturated carbocycles. The molecule has 66 valence electrons. The van der Waals surface area contributed by atoms with Crippen molar-refractivity contribution in [1.29, 1.82) is 0 Å². The Labute approximate surface area is 81.8 Å². The van der Waals surface area contributed by atoms with Gasteiger partial charge in [-0.2, -0.15) is 0 Å². The van der Waals surface area contributed by atoms with E-state index in [-0.39, 0.29) is 0 Å². The first-order chi connectivity index (χ1) is 5.90. The molecule has 1 fully saturated rings. The fourth-order valence-electron chi connectivity index (χ4n) is 1.74. The molecule has 0 radical (unpaired) electrons. The summed E-state index contributed by atoms with van der Waals surface area (Å²) in [5, 5.41) is 3.39. The first-order valence-corrected chi connectivity index (χ1v) is 5.82. The van der Waals surface area contributed by atoms with Crippen LogP contribution in [-0.2, 0) is 5.88 Å². The summed E-state index contributed by atoms with van der Waals surface area (Å²) in [6, 6.07) is 0. The highest BCUT2D eigenvalue weighted by atomic mass is 35.5. The fraction of sp³-hybridized carbons (Fsp3) is 0.667. The van der Waals surface area contributed by atoms with Gasteiger partial charge in [-0.15, -0.1) is 22.9 Å². The second kappa shape index (κ2) is 3.75. The summed E-state index contributed by atoms with van der Waals surface area (Å²) >= 11 is 7.47. The van der Waals surface area contributed by atoms with Gasteiger partial charge in [-0.1, -0.05) is 12.8 Å². The van der Waals surface area contributed by atoms with Crippen molar-refractivity contribution in [3.63, 3.8) is 0 Å². The monoisotopic (exact) mass is 201 g/mol. The molecule has 0 atom stereocenters. The lowest BCUT2D eigenvalue weighted by molar-refractivity contribution is 0.714. The van der Waals surface area contributed by atoms with Gasteiger partial charge in [-0.3, -0.25) is 0 Å². The zero-order valence-electron chi connectivity index (χ0n) is 6.92. The van der Waals surface area contributed by atoms with Crippen molar-refractivity contribution in [1.82, 2.24) is 4.98 Å². The Bertz CT molecular complexity index is 253. The summed E-state index contributed by atoms with van der Waals surface area (Å²) < 4.78 is 0. The lowest BCUT2D eigenvalue weighted by Gasteiger charge is -2.01. The normalized spacial score (nSPS) is 18.8. The van der Waals surface area contributed by atoms with Crippen molar-refractivity contribution in [3.05, 3.63) is 16.1 Å². The van der Waals surface area contributed by atoms with Gasteiger partial charge in [0, 0.05) is 11.3 Å². The molecule has 3 heteroatoms. The molecule has 2 rings (SSSR count). The maximum absolute atomic E-state index is 5.69. The number of thiazole rings is 1. The molecule has 0 saturated heterocycles. The van der Waals surface area contributed by atoms with Crippen LogP contribution in [0.3, 0.4) is 0 Å². The van der Waals surface area contributed by atoms with Crippen LogP contribution in [0.2, 0.25) is 0 Å². The lowest BCUT2D eigenvalue weighted by atomic mass is 10.1. The van der Waals surface area contributed by atoms with Crippen LogP contribution in [0.15, 0.2) is 5.38 Å². The molecule has 0 bridgehead atoms. The second-order valence-electron chi connectivity index (χ2n) is 3.29. The third-order valence-corrected chi connectivity index (χ3v) is 3.74. The van der Waals surface area contributed by atoms with E-state index in [9.17, 15) is 0 Å². The number of hydrogen-bond donors (Lipinski definition) is 0. The fourth-order valence-corrected chi connectivity index (χ4v) is 2.96. The molecule has 1 aromatic heterocycles. The Balaban J connectivity index is 2.11. The minimum atomic E-state index is 0.559. The minimum Gasteiger partial charge on any atom is -0.245 e. The maximum atomic E-state index is 5.69. The highest BCUT2D eigenvalue weighted by Crippen LogP contribution is 2.35. The Kier molecular flexibility index (Phi) is 2.66. The van der Waals surface area contributed by atoms with Crippen molar-refractivity contribution in [2.45, 2.75) is 37.5 Å². The standard InChI is InChI=1S/C9H12ClNS/c10-5-8-6-12-9(11-8)7-3-1-2-4-7/h6-7H,1-5H2. The highest BCUT2D eigenvalue weighted by molar-refractivity contribution is 7.09. The van der Waals surface area contributed by atoms with E-state index in [2.05, 4.69) is 10.4 Å². The van der Waals surface area contributed by atoms with Gasteiger partial charge in [0.05, 0.1) is 16.6 Å². The van der Waals surface area contributed by atoms with Gasteiger partial charge in [0.25, 0.3) is 0 Å². The first-order valence-electron chi connectivity index (χ1n) is 4.40. The Morgan fingerprint density at radius 1 is 1.50 bits per heavy atom. The average Bonchev–Trinajstić information content (AvgIpc) is 2.75. The third-order valence-electron chi connectivity index (χ3n) is 2.41. The van der Waals surface area contributed by atoms with E-state index in [0.717, 1.165) is 11.6 Å². The van der Waals surface area contributed by atoms with Gasteiger partial charge in [-0.25, -0.2) is 4.98 Å². The van der Waals surface area contributed by atoms with E-state index in [1.54, 1.807) is 11.3 Å². The molecule has 0 amide bonds. The van der Waals surface area contributed by atoms with Gasteiger partial charge < -0.3 is 0 Å². The van der Waals surface area contributed by atoms with Crippen molar-refractivity contribution >= 4 is 22.9 Å². The van der Waals surface area contributed by atoms with E-state index < -0.39 is 0 Å². The number of nitrogens with zero attached hydrogens (tertiary/aromatic N) is 1. The van der Waals surface area contributed by atoms with Crippen LogP contribution >= 0.6 is 22.9 Å². The van der Waals surface area contributed by atoms with Gasteiger partial charge in [0.1, 0.15) is 0 Å². The third kappa shape index (κ3) is 1.64. The molecule has 1 aliphatic rings. The molecule has 12 heavy (non-hydrogen) atoms. The van der Waals surface area contributed by atoms with Crippen LogP contribution in [-0.4, -0.2) is 4.98 Å². The molecular weight excluding hydrogens is 190 g/mol. The number of hydrogen-bond acceptors (Lipinski definition) is 2. The van der Waals surface area contributed by atoms with Gasteiger partial charge in [0.15, 0.2) is 0 Å². The van der Waals surface area contributed by atoms with Crippen LogP contribution < -0.4 is 0 Å². The molecule has 0 aliphatic heterocycles. The summed E-state index contributed by atoms with van der Waals surface area (Å²) in [4.78, 5) is 4.50. The topological polar surface area (TPSA) is 12.9 Å². The summed E-state index contributed by atoms with van der Waals surface area (Å²) in [5.74, 6) is 1.30. The second-order valence-corrected chi connectivity index (χ2v) is 4.45. The highest BCUT2D eigenvalue weighted by Gasteiger charge is 2.19. The molecule has 1 aliphatic carbocycles. The predicted molar refractivity (Wildman–Crippen MR) is 52.9 cm³/mol. The average molecular weight is 202 g/mol. The molecule has 0 spiro atoms. The molecule has 0 aromatic carbocycles. The van der Waals surface area contributed by atoms with Gasteiger partial charge in [-0.05, 0) is 12.8 Å². The zero-order valence-corrected chi connectivity index (χ0v) is 8.50. The van der Waals surface area contributed by atoms with Crippen molar-refractivity contribution in [3.8, 4) is 0 Å². The van der Waals surface area contributed by atoms with Crippen LogP contribution in [0.4, 0.5) is 0 Å². The van der Waals surface area contributed by atoms with Crippen LogP contribution in [0, 0.1) is 0 Å². The number of alkyl halides is 1. The summed E-state index contributed by atoms with van der Waals surface area (Å²) in [6.07, 6.45) is 5.41.